The van der Waals surface area contributed by atoms with Gasteiger partial charge in [-0.15, -0.1) is 0 Å². The van der Waals surface area contributed by atoms with Crippen LogP contribution in [0.3, 0.4) is 0 Å². The topological polar surface area (TPSA) is 85.2 Å². The number of amides is 2. The van der Waals surface area contributed by atoms with Crippen molar-refractivity contribution in [1.82, 2.24) is 15.5 Å². The summed E-state index contributed by atoms with van der Waals surface area (Å²) in [5.41, 5.74) is 0. The molecule has 26 heavy (non-hydrogen) atoms. The molecule has 1 saturated heterocycles. The van der Waals surface area contributed by atoms with Gasteiger partial charge in [0.1, 0.15) is 12.1 Å². The number of nitrogens with one attached hydrogen (secondary N) is 2. The molecule has 0 aliphatic carbocycles. The molecule has 0 spiro atoms. The van der Waals surface area contributed by atoms with Gasteiger partial charge in [0.2, 0.25) is 11.8 Å². The highest BCUT2D eigenvalue weighted by Gasteiger charge is 2.41. The van der Waals surface area contributed by atoms with Gasteiger partial charge in [-0.25, -0.2) is 0 Å². The van der Waals surface area contributed by atoms with Crippen molar-refractivity contribution in [2.45, 2.75) is 76.4 Å². The summed E-state index contributed by atoms with van der Waals surface area (Å²) >= 11 is 0. The van der Waals surface area contributed by atoms with E-state index in [1.54, 1.807) is 11.9 Å². The second kappa shape index (κ2) is 10.3. The number of allylic oxidation sites excluding steroid dienone is 2. The second-order valence-electron chi connectivity index (χ2n) is 7.41. The van der Waals surface area contributed by atoms with E-state index in [0.29, 0.717) is 25.3 Å². The van der Waals surface area contributed by atoms with Gasteiger partial charge >= 0.3 is 0 Å². The Hall–Kier alpha value is -1.87. The second-order valence-corrected chi connectivity index (χ2v) is 7.41. The predicted molar refractivity (Wildman–Crippen MR) is 101 cm³/mol. The van der Waals surface area contributed by atoms with E-state index in [1.807, 2.05) is 0 Å². The van der Waals surface area contributed by atoms with E-state index in [2.05, 4.69) is 35.8 Å². The van der Waals surface area contributed by atoms with Crippen LogP contribution >= 0.6 is 0 Å². The van der Waals surface area contributed by atoms with E-state index >= 15 is 0 Å². The van der Waals surface area contributed by atoms with Crippen LogP contribution in [0.5, 0.6) is 0 Å². The average molecular weight is 361 g/mol. The zero-order valence-electron chi connectivity index (χ0n) is 16.0. The van der Waals surface area contributed by atoms with E-state index in [1.165, 1.54) is 0 Å². The lowest BCUT2D eigenvalue weighted by atomic mass is 10.00. The average Bonchev–Trinajstić information content (AvgIpc) is 3.06. The van der Waals surface area contributed by atoms with Gasteiger partial charge in [-0.1, -0.05) is 25.5 Å². The lowest BCUT2D eigenvalue weighted by Crippen LogP contribution is -2.53. The molecule has 2 heterocycles. The maximum Gasteiger partial charge on any atom is 0.243 e. The molecule has 2 aliphatic heterocycles. The first kappa shape index (κ1) is 20.4. The Bertz CT molecular complexity index is 555. The largest absolute Gasteiger partial charge is 0.339 e. The summed E-state index contributed by atoms with van der Waals surface area (Å²) in [7, 11) is 1.80. The monoisotopic (exact) mass is 360 g/mol. The Morgan fingerprint density at radius 3 is 2.77 bits per heavy atom. The molecule has 2 N–H and O–H groups in total. The Balaban J connectivity index is 2.22. The minimum absolute atomic E-state index is 0.00483. The Morgan fingerprint density at radius 2 is 2.08 bits per heavy atom. The smallest absolute Gasteiger partial charge is 0.243 e. The van der Waals surface area contributed by atoms with Crippen LogP contribution in [0, 0.1) is 17.2 Å². The summed E-state index contributed by atoms with van der Waals surface area (Å²) in [4.78, 5) is 27.7. The van der Waals surface area contributed by atoms with Crippen molar-refractivity contribution in [3.05, 3.63) is 12.2 Å². The molecule has 0 aromatic carbocycles. The number of nitriles is 1. The van der Waals surface area contributed by atoms with Crippen molar-refractivity contribution in [3.8, 4) is 6.07 Å². The zero-order chi connectivity index (χ0) is 18.9. The maximum absolute atomic E-state index is 13.1. The molecule has 2 aliphatic rings. The lowest BCUT2D eigenvalue weighted by Gasteiger charge is -2.28. The summed E-state index contributed by atoms with van der Waals surface area (Å²) in [5.74, 6) is 0.185. The van der Waals surface area contributed by atoms with Gasteiger partial charge in [-0.2, -0.15) is 5.26 Å². The van der Waals surface area contributed by atoms with Gasteiger partial charge in [0.05, 0.1) is 12.1 Å². The Morgan fingerprint density at radius 1 is 1.31 bits per heavy atom. The van der Waals surface area contributed by atoms with E-state index in [9.17, 15) is 14.9 Å². The standard InChI is InChI=1S/C20H32N4O2/c1-3-9-15-12-18-19(25)23-16(13-21)10-7-5-4-6-8-11-17(22-2)20(26)24(18)14-15/h4,6,15-18,22H,3,5,7-12,14H2,1-2H3,(H,23,25)/b6-4+/t15-,16?,17?,18?/m1/s1. The first-order valence-electron chi connectivity index (χ1n) is 9.93. The fraction of sp³-hybridized carbons (Fsp3) is 0.750. The minimum Gasteiger partial charge on any atom is -0.339 e. The molecule has 0 aromatic heterocycles. The van der Waals surface area contributed by atoms with Crippen LogP contribution in [0.25, 0.3) is 0 Å². The Kier molecular flexibility index (Phi) is 8.11. The molecule has 144 valence electrons. The number of hydrogen-bond donors (Lipinski definition) is 2. The fourth-order valence-electron chi connectivity index (χ4n) is 4.00. The molecule has 6 nitrogen and oxygen atoms in total. The first-order valence-corrected chi connectivity index (χ1v) is 9.93. The highest BCUT2D eigenvalue weighted by atomic mass is 16.2. The molecule has 6 heteroatoms. The summed E-state index contributed by atoms with van der Waals surface area (Å²) < 4.78 is 0. The van der Waals surface area contributed by atoms with E-state index in [4.69, 9.17) is 0 Å². The number of fused-ring (bicyclic) bond motifs is 1. The van der Waals surface area contributed by atoms with Gasteiger partial charge in [0, 0.05) is 6.54 Å². The number of nitrogens with zero attached hydrogens (tertiary/aromatic N) is 2. The van der Waals surface area contributed by atoms with Gasteiger partial charge in [-0.05, 0) is 57.9 Å². The quantitative estimate of drug-likeness (QED) is 0.755. The highest BCUT2D eigenvalue weighted by Crippen LogP contribution is 2.28. The van der Waals surface area contributed by atoms with Gasteiger partial charge in [0.15, 0.2) is 0 Å². The van der Waals surface area contributed by atoms with Crippen LogP contribution in [0.15, 0.2) is 12.2 Å². The molecular formula is C20H32N4O2. The van der Waals surface area contributed by atoms with Gasteiger partial charge in [0.25, 0.3) is 0 Å². The van der Waals surface area contributed by atoms with Crippen LogP contribution in [0.1, 0.15) is 58.3 Å². The van der Waals surface area contributed by atoms with Crippen LogP contribution < -0.4 is 10.6 Å². The van der Waals surface area contributed by atoms with Gasteiger partial charge < -0.3 is 15.5 Å². The number of rotatable bonds is 3. The lowest BCUT2D eigenvalue weighted by molar-refractivity contribution is -0.140. The summed E-state index contributed by atoms with van der Waals surface area (Å²) in [6, 6.07) is 0.977. The molecule has 0 bridgehead atoms. The third kappa shape index (κ3) is 5.31. The van der Waals surface area contributed by atoms with Crippen LogP contribution in [-0.4, -0.2) is 48.4 Å². The van der Waals surface area contributed by atoms with Crippen molar-refractivity contribution in [2.24, 2.45) is 5.92 Å². The number of hydrogen-bond acceptors (Lipinski definition) is 4. The molecule has 0 radical (unpaired) electrons. The van der Waals surface area contributed by atoms with Crippen molar-refractivity contribution >= 4 is 11.8 Å². The SMILES string of the molecule is CCC[C@@H]1CC2C(=O)NC(C#N)CCC/C=C/CCC(NC)C(=O)N2C1. The van der Waals surface area contributed by atoms with Crippen molar-refractivity contribution in [2.75, 3.05) is 13.6 Å². The molecule has 2 amide bonds. The van der Waals surface area contributed by atoms with Crippen LogP contribution in [-0.2, 0) is 9.59 Å². The molecule has 1 fully saturated rings. The zero-order valence-corrected chi connectivity index (χ0v) is 16.0. The Labute approximate surface area is 157 Å². The summed E-state index contributed by atoms with van der Waals surface area (Å²) in [5, 5.41) is 15.3. The third-order valence-electron chi connectivity index (χ3n) is 5.44. The van der Waals surface area contributed by atoms with E-state index in [0.717, 1.165) is 38.5 Å². The molecular weight excluding hydrogens is 328 g/mol. The minimum atomic E-state index is -0.485. The molecule has 4 atom stereocenters. The number of carbonyl (C=O) groups excluding carboxylic acids is 2. The first-order chi connectivity index (χ1) is 12.6. The van der Waals surface area contributed by atoms with Crippen molar-refractivity contribution in [1.29, 1.82) is 5.26 Å². The van der Waals surface area contributed by atoms with Crippen molar-refractivity contribution < 1.29 is 9.59 Å². The molecule has 0 aromatic rings. The van der Waals surface area contributed by atoms with E-state index < -0.39 is 12.1 Å². The van der Waals surface area contributed by atoms with Gasteiger partial charge in [-0.3, -0.25) is 9.59 Å². The van der Waals surface area contributed by atoms with Crippen LogP contribution in [0.2, 0.25) is 0 Å². The fourth-order valence-corrected chi connectivity index (χ4v) is 4.00. The van der Waals surface area contributed by atoms with Crippen LogP contribution in [0.4, 0.5) is 0 Å². The third-order valence-corrected chi connectivity index (χ3v) is 5.44. The highest BCUT2D eigenvalue weighted by molar-refractivity contribution is 5.90. The summed E-state index contributed by atoms with van der Waals surface area (Å²) in [6.45, 7) is 2.76. The molecule has 3 unspecified atom stereocenters. The normalized spacial score (nSPS) is 32.3. The maximum atomic E-state index is 13.1. The number of likely N-dealkylation sites (N-methyl/N-ethyl adjacent to an activating group) is 1. The molecule has 2 rings (SSSR count). The van der Waals surface area contributed by atoms with Crippen molar-refractivity contribution in [3.63, 3.8) is 0 Å². The predicted octanol–water partition coefficient (Wildman–Crippen LogP) is 2.12. The summed E-state index contributed by atoms with van der Waals surface area (Å²) in [6.07, 6.45) is 10.9. The van der Waals surface area contributed by atoms with E-state index in [-0.39, 0.29) is 17.9 Å². The molecule has 0 saturated carbocycles. The number of carbonyl (C=O) groups is 2.